The number of fused-ring (bicyclic) bond motifs is 1. The number of hydrogen-bond acceptors (Lipinski definition) is 4. The lowest BCUT2D eigenvalue weighted by atomic mass is 10.2. The molecule has 7 heteroatoms. The molecule has 0 bridgehead atoms. The molecule has 2 aromatic rings. The monoisotopic (exact) mass is 337 g/mol. The largest absolute Gasteiger partial charge is 0.356 e. The first-order chi connectivity index (χ1) is 10.6. The van der Waals surface area contributed by atoms with Crippen molar-refractivity contribution < 1.29 is 4.79 Å². The van der Waals surface area contributed by atoms with E-state index in [0.717, 1.165) is 0 Å². The van der Waals surface area contributed by atoms with Crippen molar-refractivity contribution in [3.63, 3.8) is 0 Å². The lowest BCUT2D eigenvalue weighted by molar-refractivity contribution is -0.118. The van der Waals surface area contributed by atoms with Crippen molar-refractivity contribution in [2.24, 2.45) is 0 Å². The van der Waals surface area contributed by atoms with Gasteiger partial charge < -0.3 is 5.32 Å². The molecule has 0 radical (unpaired) electrons. The maximum Gasteiger partial charge on any atom is 0.262 e. The summed E-state index contributed by atoms with van der Waals surface area (Å²) in [7, 11) is 0. The predicted octanol–water partition coefficient (Wildman–Crippen LogP) is 2.46. The Kier molecular flexibility index (Phi) is 5.63. The van der Waals surface area contributed by atoms with E-state index in [1.54, 1.807) is 24.3 Å². The molecule has 0 fully saturated rings. The molecule has 0 saturated carbocycles. The van der Waals surface area contributed by atoms with E-state index in [0.29, 0.717) is 34.2 Å². The van der Waals surface area contributed by atoms with Crippen molar-refractivity contribution in [2.75, 3.05) is 12.3 Å². The maximum absolute atomic E-state index is 12.5. The Morgan fingerprint density at radius 2 is 2.32 bits per heavy atom. The highest BCUT2D eigenvalue weighted by Crippen LogP contribution is 2.20. The molecule has 0 aliphatic heterocycles. The average Bonchev–Trinajstić information content (AvgIpc) is 2.48. The molecule has 0 unspecified atom stereocenters. The van der Waals surface area contributed by atoms with Gasteiger partial charge in [-0.05, 0) is 25.1 Å². The summed E-state index contributed by atoms with van der Waals surface area (Å²) >= 11 is 7.18. The molecular formula is C15H16ClN3O2S. The Morgan fingerprint density at radius 3 is 3.00 bits per heavy atom. The standard InChI is InChI=1S/C15H16ClN3O2S/c1-3-7-19-14(21)11-6-5-10(16)8-12(11)18-15(19)22-9-13(20)17-4-2/h3,5-6,8H,1,4,7,9H2,2H3,(H,17,20). The van der Waals surface area contributed by atoms with Crippen LogP contribution >= 0.6 is 23.4 Å². The van der Waals surface area contributed by atoms with Crippen molar-refractivity contribution in [1.29, 1.82) is 0 Å². The van der Waals surface area contributed by atoms with Crippen LogP contribution in [0.2, 0.25) is 5.02 Å². The van der Waals surface area contributed by atoms with E-state index < -0.39 is 0 Å². The zero-order chi connectivity index (χ0) is 16.1. The van der Waals surface area contributed by atoms with Crippen molar-refractivity contribution >= 4 is 40.2 Å². The summed E-state index contributed by atoms with van der Waals surface area (Å²) in [5.41, 5.74) is 0.358. The number of carbonyl (C=O) groups is 1. The molecule has 0 aliphatic carbocycles. The number of rotatable bonds is 6. The molecule has 0 atom stereocenters. The lowest BCUT2D eigenvalue weighted by Crippen LogP contribution is -2.26. The number of allylic oxidation sites excluding steroid dienone is 1. The van der Waals surface area contributed by atoms with Crippen molar-refractivity contribution in [3.05, 3.63) is 46.2 Å². The van der Waals surface area contributed by atoms with Crippen molar-refractivity contribution in [1.82, 2.24) is 14.9 Å². The van der Waals surface area contributed by atoms with Crippen LogP contribution in [0.5, 0.6) is 0 Å². The second-order valence-corrected chi connectivity index (χ2v) is 5.88. The second-order valence-electron chi connectivity index (χ2n) is 4.50. The van der Waals surface area contributed by atoms with Gasteiger partial charge in [-0.15, -0.1) is 6.58 Å². The molecule has 5 nitrogen and oxygen atoms in total. The van der Waals surface area contributed by atoms with Gasteiger partial charge in [0.15, 0.2) is 5.16 Å². The van der Waals surface area contributed by atoms with Gasteiger partial charge in [0.05, 0.1) is 16.7 Å². The van der Waals surface area contributed by atoms with Crippen molar-refractivity contribution in [3.8, 4) is 0 Å². The summed E-state index contributed by atoms with van der Waals surface area (Å²) in [6.45, 7) is 6.42. The predicted molar refractivity (Wildman–Crippen MR) is 90.6 cm³/mol. The van der Waals surface area contributed by atoms with Gasteiger partial charge in [-0.1, -0.05) is 29.4 Å². The Hall–Kier alpha value is -1.79. The van der Waals surface area contributed by atoms with Crippen molar-refractivity contribution in [2.45, 2.75) is 18.6 Å². The minimum atomic E-state index is -0.167. The Morgan fingerprint density at radius 1 is 1.55 bits per heavy atom. The fourth-order valence-corrected chi connectivity index (χ4v) is 2.96. The minimum Gasteiger partial charge on any atom is -0.356 e. The molecule has 0 aliphatic rings. The molecule has 1 N–H and O–H groups in total. The molecule has 1 aromatic carbocycles. The molecule has 1 heterocycles. The number of amides is 1. The molecule has 0 saturated heterocycles. The summed E-state index contributed by atoms with van der Waals surface area (Å²) in [4.78, 5) is 28.6. The third-order valence-corrected chi connectivity index (χ3v) is 4.11. The van der Waals surface area contributed by atoms with Gasteiger partial charge >= 0.3 is 0 Å². The van der Waals surface area contributed by atoms with E-state index in [-0.39, 0.29) is 17.2 Å². The van der Waals surface area contributed by atoms with E-state index >= 15 is 0 Å². The Labute approximate surface area is 137 Å². The first-order valence-electron chi connectivity index (χ1n) is 6.77. The van der Waals surface area contributed by atoms with Crippen LogP contribution in [0.3, 0.4) is 0 Å². The highest BCUT2D eigenvalue weighted by atomic mass is 35.5. The van der Waals surface area contributed by atoms with Crippen LogP contribution in [0.25, 0.3) is 10.9 Å². The quantitative estimate of drug-likeness (QED) is 0.499. The summed E-state index contributed by atoms with van der Waals surface area (Å²) in [5, 5.41) is 4.20. The normalized spacial score (nSPS) is 10.6. The van der Waals surface area contributed by atoms with Gasteiger partial charge in [0.1, 0.15) is 0 Å². The van der Waals surface area contributed by atoms with E-state index in [4.69, 9.17) is 11.6 Å². The van der Waals surface area contributed by atoms with E-state index in [1.807, 2.05) is 6.92 Å². The number of hydrogen-bond donors (Lipinski definition) is 1. The fraction of sp³-hybridized carbons (Fsp3) is 0.267. The number of carbonyl (C=O) groups excluding carboxylic acids is 1. The number of benzene rings is 1. The van der Waals surface area contributed by atoms with Crippen LogP contribution in [0.15, 0.2) is 40.8 Å². The zero-order valence-corrected chi connectivity index (χ0v) is 13.7. The van der Waals surface area contributed by atoms with Gasteiger partial charge in [-0.3, -0.25) is 14.2 Å². The van der Waals surface area contributed by atoms with Crippen LogP contribution in [-0.2, 0) is 11.3 Å². The minimum absolute atomic E-state index is 0.0990. The van der Waals surface area contributed by atoms with Crippen LogP contribution in [-0.4, -0.2) is 27.8 Å². The van der Waals surface area contributed by atoms with Crippen LogP contribution < -0.4 is 10.9 Å². The van der Waals surface area contributed by atoms with Gasteiger partial charge in [-0.25, -0.2) is 4.98 Å². The molecule has 2 rings (SSSR count). The van der Waals surface area contributed by atoms with Gasteiger partial charge in [0.25, 0.3) is 5.56 Å². The number of nitrogens with zero attached hydrogens (tertiary/aromatic N) is 2. The molecule has 0 spiro atoms. The van der Waals surface area contributed by atoms with E-state index in [2.05, 4.69) is 16.9 Å². The fourth-order valence-electron chi connectivity index (χ4n) is 1.95. The van der Waals surface area contributed by atoms with Gasteiger partial charge in [0, 0.05) is 18.1 Å². The highest BCUT2D eigenvalue weighted by Gasteiger charge is 2.12. The first-order valence-corrected chi connectivity index (χ1v) is 8.13. The van der Waals surface area contributed by atoms with Crippen LogP contribution in [0.1, 0.15) is 6.92 Å². The summed E-state index contributed by atoms with van der Waals surface area (Å²) in [6.07, 6.45) is 1.63. The van der Waals surface area contributed by atoms with Crippen LogP contribution in [0, 0.1) is 0 Å². The number of halogens is 1. The Balaban J connectivity index is 2.45. The summed E-state index contributed by atoms with van der Waals surface area (Å²) in [6, 6.07) is 4.96. The number of thioether (sulfide) groups is 1. The SMILES string of the molecule is C=CCn1c(SCC(=O)NCC)nc2cc(Cl)ccc2c1=O. The molecule has 22 heavy (non-hydrogen) atoms. The van der Waals surface area contributed by atoms with Crippen LogP contribution in [0.4, 0.5) is 0 Å². The van der Waals surface area contributed by atoms with E-state index in [9.17, 15) is 9.59 Å². The molecular weight excluding hydrogens is 322 g/mol. The number of nitrogens with one attached hydrogen (secondary N) is 1. The zero-order valence-electron chi connectivity index (χ0n) is 12.1. The molecule has 1 amide bonds. The number of aromatic nitrogens is 2. The van der Waals surface area contributed by atoms with Gasteiger partial charge in [0.2, 0.25) is 5.91 Å². The van der Waals surface area contributed by atoms with E-state index in [1.165, 1.54) is 16.3 Å². The van der Waals surface area contributed by atoms with Gasteiger partial charge in [-0.2, -0.15) is 0 Å². The molecule has 116 valence electrons. The third kappa shape index (κ3) is 3.69. The maximum atomic E-state index is 12.5. The smallest absolute Gasteiger partial charge is 0.262 e. The highest BCUT2D eigenvalue weighted by molar-refractivity contribution is 7.99. The Bertz CT molecular complexity index is 773. The topological polar surface area (TPSA) is 64.0 Å². The summed E-state index contributed by atoms with van der Waals surface area (Å²) < 4.78 is 1.51. The first kappa shape index (κ1) is 16.6. The second kappa shape index (κ2) is 7.47. The summed E-state index contributed by atoms with van der Waals surface area (Å²) in [5.74, 6) is 0.0989. The molecule has 1 aromatic heterocycles. The third-order valence-electron chi connectivity index (χ3n) is 2.90. The average molecular weight is 338 g/mol. The lowest BCUT2D eigenvalue weighted by Gasteiger charge is -2.11.